The Morgan fingerprint density at radius 3 is 2.28 bits per heavy atom. The van der Waals surface area contributed by atoms with Gasteiger partial charge in [0, 0.05) is 6.54 Å². The summed E-state index contributed by atoms with van der Waals surface area (Å²) in [7, 11) is -2.10. The third-order valence-electron chi connectivity index (χ3n) is 4.76. The molecule has 3 N–H and O–H groups in total. The average Bonchev–Trinajstić information content (AvgIpc) is 2.76. The van der Waals surface area contributed by atoms with Gasteiger partial charge in [0.2, 0.25) is 10.0 Å². The molecule has 0 atom stereocenters. The number of methoxy groups -OCH3 is 1. The highest BCUT2D eigenvalue weighted by Crippen LogP contribution is 2.37. The predicted molar refractivity (Wildman–Crippen MR) is 125 cm³/mol. The van der Waals surface area contributed by atoms with E-state index in [1.54, 1.807) is 31.4 Å². The molecule has 0 amide bonds. The predicted octanol–water partition coefficient (Wildman–Crippen LogP) is 4.16. The SMILES string of the molecule is COc1cc(CNCCc2ccc(S(N)(=O)=O)cc2)cc(Br)c1OCc1ccc(F)cc1. The van der Waals surface area contributed by atoms with Crippen molar-refractivity contribution in [3.8, 4) is 11.5 Å². The number of benzene rings is 3. The second-order valence-electron chi connectivity index (χ2n) is 7.14. The summed E-state index contributed by atoms with van der Waals surface area (Å²) < 4.78 is 47.8. The van der Waals surface area contributed by atoms with Gasteiger partial charge in [-0.15, -0.1) is 0 Å². The van der Waals surface area contributed by atoms with E-state index in [4.69, 9.17) is 14.6 Å². The minimum absolute atomic E-state index is 0.105. The van der Waals surface area contributed by atoms with Gasteiger partial charge in [-0.05, 0) is 82.0 Å². The molecule has 3 rings (SSSR count). The van der Waals surface area contributed by atoms with Gasteiger partial charge in [0.05, 0.1) is 16.5 Å². The van der Waals surface area contributed by atoms with Crippen LogP contribution in [0.25, 0.3) is 0 Å². The molecule has 6 nitrogen and oxygen atoms in total. The number of hydrogen-bond acceptors (Lipinski definition) is 5. The molecule has 0 aliphatic carbocycles. The number of ether oxygens (including phenoxy) is 2. The summed E-state index contributed by atoms with van der Waals surface area (Å²) in [5.74, 6) is 0.886. The van der Waals surface area contributed by atoms with E-state index in [-0.39, 0.29) is 17.3 Å². The first kappa shape index (κ1) is 24.2. The van der Waals surface area contributed by atoms with E-state index >= 15 is 0 Å². The minimum Gasteiger partial charge on any atom is -0.493 e. The van der Waals surface area contributed by atoms with E-state index in [1.165, 1.54) is 24.3 Å². The molecule has 3 aromatic rings. The maximum atomic E-state index is 13.1. The van der Waals surface area contributed by atoms with Crippen LogP contribution in [0, 0.1) is 5.82 Å². The van der Waals surface area contributed by atoms with Gasteiger partial charge < -0.3 is 14.8 Å². The van der Waals surface area contributed by atoms with E-state index in [0.29, 0.717) is 24.6 Å². The van der Waals surface area contributed by atoms with E-state index in [0.717, 1.165) is 27.6 Å². The lowest BCUT2D eigenvalue weighted by Gasteiger charge is -2.15. The first-order chi connectivity index (χ1) is 15.3. The van der Waals surface area contributed by atoms with Crippen LogP contribution in [0.3, 0.4) is 0 Å². The third kappa shape index (κ3) is 6.77. The Morgan fingerprint density at radius 1 is 1.00 bits per heavy atom. The number of nitrogens with two attached hydrogens (primary N) is 1. The molecule has 9 heteroatoms. The topological polar surface area (TPSA) is 90.6 Å². The number of primary sulfonamides is 1. The van der Waals surface area contributed by atoms with Crippen molar-refractivity contribution in [1.29, 1.82) is 0 Å². The van der Waals surface area contributed by atoms with Crippen molar-refractivity contribution in [2.75, 3.05) is 13.7 Å². The first-order valence-electron chi connectivity index (χ1n) is 9.82. The summed E-state index contributed by atoms with van der Waals surface area (Å²) in [4.78, 5) is 0.105. The van der Waals surface area contributed by atoms with Crippen molar-refractivity contribution in [2.45, 2.75) is 24.5 Å². The molecular weight excluding hydrogens is 499 g/mol. The molecule has 0 aliphatic heterocycles. The Hall–Kier alpha value is -2.46. The van der Waals surface area contributed by atoms with Crippen molar-refractivity contribution in [1.82, 2.24) is 5.32 Å². The molecule has 0 aromatic heterocycles. The van der Waals surface area contributed by atoms with Gasteiger partial charge in [-0.25, -0.2) is 17.9 Å². The largest absolute Gasteiger partial charge is 0.493 e. The van der Waals surface area contributed by atoms with E-state index in [2.05, 4.69) is 21.2 Å². The van der Waals surface area contributed by atoms with Crippen LogP contribution < -0.4 is 19.9 Å². The van der Waals surface area contributed by atoms with Crippen LogP contribution in [-0.4, -0.2) is 22.1 Å². The Morgan fingerprint density at radius 2 is 1.66 bits per heavy atom. The number of nitrogens with one attached hydrogen (secondary N) is 1. The lowest BCUT2D eigenvalue weighted by Crippen LogP contribution is -2.17. The fraction of sp³-hybridized carbons (Fsp3) is 0.217. The molecule has 0 aliphatic rings. The van der Waals surface area contributed by atoms with Crippen molar-refractivity contribution < 1.29 is 22.3 Å². The Balaban J connectivity index is 1.55. The fourth-order valence-corrected chi connectivity index (χ4v) is 4.18. The molecule has 0 saturated carbocycles. The molecule has 3 aromatic carbocycles. The van der Waals surface area contributed by atoms with Crippen LogP contribution >= 0.6 is 15.9 Å². The van der Waals surface area contributed by atoms with Crippen LogP contribution in [0.4, 0.5) is 4.39 Å². The normalized spacial score (nSPS) is 11.4. The Labute approximate surface area is 195 Å². The molecule has 0 bridgehead atoms. The maximum absolute atomic E-state index is 13.1. The highest BCUT2D eigenvalue weighted by Gasteiger charge is 2.12. The minimum atomic E-state index is -3.67. The van der Waals surface area contributed by atoms with Crippen molar-refractivity contribution in [2.24, 2.45) is 5.14 Å². The number of hydrogen-bond donors (Lipinski definition) is 2. The fourth-order valence-electron chi connectivity index (χ4n) is 3.06. The molecule has 0 radical (unpaired) electrons. The van der Waals surface area contributed by atoms with Gasteiger partial charge in [0.1, 0.15) is 12.4 Å². The summed E-state index contributed by atoms with van der Waals surface area (Å²) in [6.45, 7) is 1.61. The molecule has 32 heavy (non-hydrogen) atoms. The van der Waals surface area contributed by atoms with Crippen molar-refractivity contribution in [3.05, 3.63) is 87.6 Å². The zero-order chi connectivity index (χ0) is 23.1. The van der Waals surface area contributed by atoms with E-state index < -0.39 is 10.0 Å². The highest BCUT2D eigenvalue weighted by atomic mass is 79.9. The lowest BCUT2D eigenvalue weighted by molar-refractivity contribution is 0.282. The molecule has 170 valence electrons. The molecule has 0 spiro atoms. The molecule has 0 saturated heterocycles. The van der Waals surface area contributed by atoms with Gasteiger partial charge in [-0.1, -0.05) is 24.3 Å². The van der Waals surface area contributed by atoms with Crippen molar-refractivity contribution >= 4 is 26.0 Å². The first-order valence-corrected chi connectivity index (χ1v) is 12.2. The Bertz CT molecular complexity index is 1150. The van der Waals surface area contributed by atoms with Crippen LogP contribution in [0.1, 0.15) is 16.7 Å². The van der Waals surface area contributed by atoms with Crippen LogP contribution in [0.15, 0.2) is 70.0 Å². The molecule has 0 heterocycles. The summed E-state index contributed by atoms with van der Waals surface area (Å²) >= 11 is 3.54. The van der Waals surface area contributed by atoms with E-state index in [9.17, 15) is 12.8 Å². The van der Waals surface area contributed by atoms with Gasteiger partial charge >= 0.3 is 0 Å². The zero-order valence-corrected chi connectivity index (χ0v) is 19.9. The monoisotopic (exact) mass is 522 g/mol. The average molecular weight is 523 g/mol. The Kier molecular flexibility index (Phi) is 8.25. The molecular formula is C23H24BrFN2O4S. The number of sulfonamides is 1. The summed E-state index contributed by atoms with van der Waals surface area (Å²) in [5.41, 5.74) is 2.86. The van der Waals surface area contributed by atoms with Gasteiger partial charge in [0.15, 0.2) is 11.5 Å². The smallest absolute Gasteiger partial charge is 0.238 e. The molecule has 0 unspecified atom stereocenters. The molecule has 0 fully saturated rings. The standard InChI is InChI=1S/C23H24BrFN2O4S/c1-30-22-13-18(12-21(24)23(22)31-15-17-2-6-19(25)7-3-17)14-27-11-10-16-4-8-20(9-5-16)32(26,28)29/h2-9,12-13,27H,10-11,14-15H2,1H3,(H2,26,28,29). The summed E-state index contributed by atoms with van der Waals surface area (Å²) in [6, 6.07) is 16.5. The summed E-state index contributed by atoms with van der Waals surface area (Å²) in [6.07, 6.45) is 0.738. The van der Waals surface area contributed by atoms with Crippen LogP contribution in [0.5, 0.6) is 11.5 Å². The highest BCUT2D eigenvalue weighted by molar-refractivity contribution is 9.10. The van der Waals surface area contributed by atoms with Crippen molar-refractivity contribution in [3.63, 3.8) is 0 Å². The number of halogens is 2. The second kappa shape index (κ2) is 10.9. The van der Waals surface area contributed by atoms with Gasteiger partial charge in [0.25, 0.3) is 0 Å². The van der Waals surface area contributed by atoms with E-state index in [1.807, 2.05) is 12.1 Å². The van der Waals surface area contributed by atoms with Crippen LogP contribution in [0.2, 0.25) is 0 Å². The number of rotatable bonds is 10. The van der Waals surface area contributed by atoms with Gasteiger partial charge in [-0.2, -0.15) is 0 Å². The van der Waals surface area contributed by atoms with Gasteiger partial charge in [-0.3, -0.25) is 0 Å². The lowest BCUT2D eigenvalue weighted by atomic mass is 10.1. The quantitative estimate of drug-likeness (QED) is 0.390. The summed E-state index contributed by atoms with van der Waals surface area (Å²) in [5, 5.41) is 8.48. The zero-order valence-electron chi connectivity index (χ0n) is 17.5. The maximum Gasteiger partial charge on any atom is 0.238 e. The van der Waals surface area contributed by atoms with Crippen LogP contribution in [-0.2, 0) is 29.6 Å². The second-order valence-corrected chi connectivity index (χ2v) is 9.56. The third-order valence-corrected chi connectivity index (χ3v) is 6.28.